The number of carbonyl (C=O) groups is 2. The van der Waals surface area contributed by atoms with Gasteiger partial charge in [0.15, 0.2) is 5.17 Å². The van der Waals surface area contributed by atoms with Crippen LogP contribution in [0.5, 0.6) is 5.75 Å². The summed E-state index contributed by atoms with van der Waals surface area (Å²) in [5, 5.41) is 1.29. The molecule has 0 N–H and O–H groups in total. The van der Waals surface area contributed by atoms with Crippen molar-refractivity contribution in [1.29, 1.82) is 0 Å². The molecule has 0 saturated carbocycles. The Morgan fingerprint density at radius 1 is 1.17 bits per heavy atom. The summed E-state index contributed by atoms with van der Waals surface area (Å²) in [6, 6.07) is 9.84. The van der Waals surface area contributed by atoms with E-state index < -0.39 is 5.97 Å². The van der Waals surface area contributed by atoms with Gasteiger partial charge in [-0.2, -0.15) is 0 Å². The number of halogens is 2. The molecule has 9 heteroatoms. The topological polar surface area (TPSA) is 68.2 Å². The van der Waals surface area contributed by atoms with E-state index in [4.69, 9.17) is 27.9 Å². The molecule has 2 aromatic carbocycles. The molecule has 1 amide bonds. The molecule has 1 heterocycles. The molecular weight excluding hydrogens is 435 g/mol. The van der Waals surface area contributed by atoms with Crippen LogP contribution in [0.15, 0.2) is 46.3 Å². The smallest absolute Gasteiger partial charge is 0.337 e. The molecule has 0 bridgehead atoms. The monoisotopic (exact) mass is 450 g/mol. The molecule has 150 valence electrons. The number of esters is 1. The lowest BCUT2D eigenvalue weighted by Gasteiger charge is -2.08. The van der Waals surface area contributed by atoms with E-state index >= 15 is 0 Å². The number of benzene rings is 2. The van der Waals surface area contributed by atoms with Crippen molar-refractivity contribution < 1.29 is 19.1 Å². The van der Waals surface area contributed by atoms with Gasteiger partial charge in [-0.1, -0.05) is 23.2 Å². The number of rotatable bonds is 4. The Kier molecular flexibility index (Phi) is 6.52. The van der Waals surface area contributed by atoms with Gasteiger partial charge in [-0.25, -0.2) is 9.79 Å². The zero-order valence-electron chi connectivity index (χ0n) is 15.7. The van der Waals surface area contributed by atoms with Gasteiger partial charge >= 0.3 is 5.97 Å². The molecule has 1 aliphatic heterocycles. The number of aliphatic imine (C=N–C) groups is 1. The van der Waals surface area contributed by atoms with Crippen LogP contribution in [0.1, 0.15) is 15.9 Å². The van der Waals surface area contributed by atoms with Crippen molar-refractivity contribution in [3.8, 4) is 5.75 Å². The molecule has 0 spiro atoms. The van der Waals surface area contributed by atoms with Gasteiger partial charge in [0.1, 0.15) is 5.75 Å². The normalized spacial score (nSPS) is 16.6. The summed E-state index contributed by atoms with van der Waals surface area (Å²) < 4.78 is 10.0. The van der Waals surface area contributed by atoms with E-state index in [-0.39, 0.29) is 5.91 Å². The fraction of sp³-hybridized carbons (Fsp3) is 0.150. The number of ether oxygens (including phenoxy) is 2. The summed E-state index contributed by atoms with van der Waals surface area (Å²) in [7, 11) is 4.46. The van der Waals surface area contributed by atoms with E-state index in [1.807, 2.05) is 0 Å². The molecule has 0 atom stereocenters. The summed E-state index contributed by atoms with van der Waals surface area (Å²) in [5.41, 5.74) is 1.62. The third-order valence-corrected chi connectivity index (χ3v) is 5.60. The number of amidine groups is 1. The number of amides is 1. The van der Waals surface area contributed by atoms with Crippen LogP contribution in [0, 0.1) is 0 Å². The summed E-state index contributed by atoms with van der Waals surface area (Å²) in [4.78, 5) is 30.6. The number of nitrogens with zero attached hydrogens (tertiary/aromatic N) is 2. The largest absolute Gasteiger partial charge is 0.495 e. The van der Waals surface area contributed by atoms with Gasteiger partial charge in [-0.15, -0.1) is 0 Å². The summed E-state index contributed by atoms with van der Waals surface area (Å²) in [5.74, 6) is -0.201. The van der Waals surface area contributed by atoms with Crippen LogP contribution in [-0.2, 0) is 9.53 Å². The van der Waals surface area contributed by atoms with E-state index in [1.54, 1.807) is 49.5 Å². The molecular formula is C20H16Cl2N2O4S. The van der Waals surface area contributed by atoms with Crippen molar-refractivity contribution in [3.05, 3.63) is 62.5 Å². The van der Waals surface area contributed by atoms with Gasteiger partial charge in [-0.05, 0) is 54.2 Å². The number of carbonyl (C=O) groups excluding carboxylic acids is 2. The number of hydrogen-bond acceptors (Lipinski definition) is 6. The zero-order chi connectivity index (χ0) is 21.1. The van der Waals surface area contributed by atoms with Gasteiger partial charge < -0.3 is 9.47 Å². The van der Waals surface area contributed by atoms with Crippen LogP contribution in [0.4, 0.5) is 5.69 Å². The van der Waals surface area contributed by atoms with E-state index in [0.29, 0.717) is 42.7 Å². The Morgan fingerprint density at radius 2 is 1.86 bits per heavy atom. The number of methoxy groups -OCH3 is 2. The van der Waals surface area contributed by atoms with Crippen LogP contribution in [0.25, 0.3) is 6.08 Å². The maximum atomic E-state index is 12.7. The van der Waals surface area contributed by atoms with Crippen molar-refractivity contribution in [1.82, 2.24) is 4.90 Å². The third kappa shape index (κ3) is 4.58. The second kappa shape index (κ2) is 8.90. The molecule has 29 heavy (non-hydrogen) atoms. The van der Waals surface area contributed by atoms with Gasteiger partial charge in [0.25, 0.3) is 5.91 Å². The van der Waals surface area contributed by atoms with Crippen molar-refractivity contribution in [3.63, 3.8) is 0 Å². The Hall–Kier alpha value is -2.48. The van der Waals surface area contributed by atoms with Crippen molar-refractivity contribution in [2.45, 2.75) is 0 Å². The molecule has 2 aromatic rings. The van der Waals surface area contributed by atoms with Crippen molar-refractivity contribution in [2.24, 2.45) is 4.99 Å². The molecule has 1 aliphatic rings. The zero-order valence-corrected chi connectivity index (χ0v) is 18.1. The summed E-state index contributed by atoms with van der Waals surface area (Å²) in [6.45, 7) is 0. The molecule has 3 rings (SSSR count). The number of hydrogen-bond donors (Lipinski definition) is 0. The maximum Gasteiger partial charge on any atom is 0.337 e. The first-order valence-electron chi connectivity index (χ1n) is 8.31. The second-order valence-corrected chi connectivity index (χ2v) is 7.77. The predicted octanol–water partition coefficient (Wildman–Crippen LogP) is 5.02. The first-order valence-corrected chi connectivity index (χ1v) is 9.89. The molecule has 0 aliphatic carbocycles. The highest BCUT2D eigenvalue weighted by Crippen LogP contribution is 2.38. The highest BCUT2D eigenvalue weighted by atomic mass is 35.5. The van der Waals surface area contributed by atoms with Crippen LogP contribution in [0.2, 0.25) is 10.0 Å². The predicted molar refractivity (Wildman–Crippen MR) is 116 cm³/mol. The Labute approximate surface area is 182 Å². The van der Waals surface area contributed by atoms with Gasteiger partial charge in [-0.3, -0.25) is 9.69 Å². The highest BCUT2D eigenvalue weighted by Gasteiger charge is 2.30. The van der Waals surface area contributed by atoms with E-state index in [0.717, 1.165) is 0 Å². The van der Waals surface area contributed by atoms with E-state index in [1.165, 1.54) is 30.9 Å². The first kappa shape index (κ1) is 21.2. The van der Waals surface area contributed by atoms with Gasteiger partial charge in [0, 0.05) is 17.6 Å². The summed E-state index contributed by atoms with van der Waals surface area (Å²) >= 11 is 13.5. The lowest BCUT2D eigenvalue weighted by molar-refractivity contribution is -0.121. The minimum Gasteiger partial charge on any atom is -0.495 e. The molecule has 1 saturated heterocycles. The molecule has 0 aromatic heterocycles. The lowest BCUT2D eigenvalue weighted by atomic mass is 10.2. The fourth-order valence-electron chi connectivity index (χ4n) is 2.60. The quantitative estimate of drug-likeness (QED) is 0.482. The number of likely N-dealkylation sites (N-methyl/N-ethyl adjacent to an activating group) is 1. The number of thioether (sulfide) groups is 1. The molecule has 6 nitrogen and oxygen atoms in total. The minimum atomic E-state index is -0.425. The Morgan fingerprint density at radius 3 is 2.48 bits per heavy atom. The van der Waals surface area contributed by atoms with Gasteiger partial charge in [0.2, 0.25) is 0 Å². The second-order valence-electron chi connectivity index (χ2n) is 5.92. The maximum absolute atomic E-state index is 12.7. The summed E-state index contributed by atoms with van der Waals surface area (Å²) in [6.07, 6.45) is 1.67. The minimum absolute atomic E-state index is 0.210. The molecule has 0 radical (unpaired) electrons. The first-order chi connectivity index (χ1) is 13.8. The lowest BCUT2D eigenvalue weighted by Crippen LogP contribution is -2.23. The third-order valence-electron chi connectivity index (χ3n) is 4.04. The van der Waals surface area contributed by atoms with Crippen LogP contribution < -0.4 is 4.74 Å². The van der Waals surface area contributed by atoms with Gasteiger partial charge in [0.05, 0.1) is 35.4 Å². The highest BCUT2D eigenvalue weighted by molar-refractivity contribution is 8.18. The average Bonchev–Trinajstić information content (AvgIpc) is 2.95. The fourth-order valence-corrected chi connectivity index (χ4v) is 4.16. The SMILES string of the molecule is COC(=O)c1ccc(N=C2SC(=Cc3cc(Cl)cc(Cl)c3OC)C(=O)N2C)cc1. The van der Waals surface area contributed by atoms with E-state index in [2.05, 4.69) is 9.73 Å². The Balaban J connectivity index is 1.91. The average molecular weight is 451 g/mol. The van der Waals surface area contributed by atoms with Crippen LogP contribution in [0.3, 0.4) is 0 Å². The molecule has 1 fully saturated rings. The van der Waals surface area contributed by atoms with Crippen molar-refractivity contribution >= 4 is 63.8 Å². The molecule has 0 unspecified atom stereocenters. The van der Waals surface area contributed by atoms with E-state index in [9.17, 15) is 9.59 Å². The van der Waals surface area contributed by atoms with Crippen molar-refractivity contribution in [2.75, 3.05) is 21.3 Å². The van der Waals surface area contributed by atoms with Crippen LogP contribution >= 0.6 is 35.0 Å². The standard InChI is InChI=1S/C20H16Cl2N2O4S/c1-24-18(25)16(9-12-8-13(21)10-15(22)17(12)27-2)29-20(24)23-14-6-4-11(5-7-14)19(26)28-3/h4-10H,1-3H3. The van der Waals surface area contributed by atoms with Crippen LogP contribution in [-0.4, -0.2) is 43.2 Å². The Bertz CT molecular complexity index is 1040.